The minimum atomic E-state index is -0.415. The Morgan fingerprint density at radius 2 is 1.75 bits per heavy atom. The normalized spacial score (nSPS) is 14.5. The van der Waals surface area contributed by atoms with Crippen LogP contribution in [0.4, 0.5) is 17.1 Å². The summed E-state index contributed by atoms with van der Waals surface area (Å²) >= 11 is 0. The van der Waals surface area contributed by atoms with Crippen LogP contribution in [0.2, 0.25) is 0 Å². The minimum Gasteiger partial charge on any atom is -0.455 e. The van der Waals surface area contributed by atoms with Gasteiger partial charge in [-0.05, 0) is 42.5 Å². The average molecular weight is 377 g/mol. The van der Waals surface area contributed by atoms with Crippen LogP contribution in [0.1, 0.15) is 5.76 Å². The highest BCUT2D eigenvalue weighted by Gasteiger charge is 2.16. The fourth-order valence-electron chi connectivity index (χ4n) is 3.12. The number of furan rings is 1. The van der Waals surface area contributed by atoms with Crippen molar-refractivity contribution >= 4 is 23.3 Å². The van der Waals surface area contributed by atoms with Crippen molar-refractivity contribution in [3.63, 3.8) is 0 Å². The second kappa shape index (κ2) is 8.06. The molecule has 0 aliphatic carbocycles. The first kappa shape index (κ1) is 17.9. The molecule has 0 N–H and O–H groups in total. The molecule has 0 spiro atoms. The smallest absolute Gasteiger partial charge is 0.280 e. The molecule has 1 aromatic heterocycles. The molecule has 7 nitrogen and oxygen atoms in total. The molecule has 1 aliphatic rings. The van der Waals surface area contributed by atoms with Crippen molar-refractivity contribution in [2.45, 2.75) is 0 Å². The van der Waals surface area contributed by atoms with Gasteiger partial charge in [-0.15, -0.1) is 0 Å². The van der Waals surface area contributed by atoms with Crippen LogP contribution in [0, 0.1) is 10.1 Å². The van der Waals surface area contributed by atoms with E-state index < -0.39 is 4.92 Å². The molecule has 0 radical (unpaired) electrons. The number of aliphatic imine (C=N–C) groups is 1. The van der Waals surface area contributed by atoms with Crippen molar-refractivity contribution < 1.29 is 14.1 Å². The summed E-state index contributed by atoms with van der Waals surface area (Å²) in [6.45, 7) is 3.29. The van der Waals surface area contributed by atoms with E-state index >= 15 is 0 Å². The average Bonchev–Trinajstić information content (AvgIpc) is 3.22. The maximum absolute atomic E-state index is 11.2. The number of anilines is 1. The Hall–Kier alpha value is -3.45. The summed E-state index contributed by atoms with van der Waals surface area (Å²) < 4.78 is 11.1. The first-order valence-electron chi connectivity index (χ1n) is 9.01. The lowest BCUT2D eigenvalue weighted by Crippen LogP contribution is -2.36. The van der Waals surface area contributed by atoms with Gasteiger partial charge in [0.05, 0.1) is 35.6 Å². The van der Waals surface area contributed by atoms with E-state index in [1.807, 2.05) is 24.3 Å². The highest BCUT2D eigenvalue weighted by Crippen LogP contribution is 2.30. The number of nitrogens with zero attached hydrogens (tertiary/aromatic N) is 3. The van der Waals surface area contributed by atoms with E-state index in [0.717, 1.165) is 37.7 Å². The minimum absolute atomic E-state index is 0.0130. The Bertz CT molecular complexity index is 989. The van der Waals surface area contributed by atoms with Gasteiger partial charge in [-0.1, -0.05) is 12.1 Å². The lowest BCUT2D eigenvalue weighted by Gasteiger charge is -2.28. The molecule has 0 saturated carbocycles. The van der Waals surface area contributed by atoms with E-state index in [-0.39, 0.29) is 5.69 Å². The third-order valence-electron chi connectivity index (χ3n) is 4.56. The zero-order valence-electron chi connectivity index (χ0n) is 15.2. The fourth-order valence-corrected chi connectivity index (χ4v) is 3.12. The largest absolute Gasteiger partial charge is 0.455 e. The molecule has 1 fully saturated rings. The molecular formula is C21H19N3O4. The van der Waals surface area contributed by atoms with Gasteiger partial charge in [0.15, 0.2) is 0 Å². The second-order valence-electron chi connectivity index (χ2n) is 6.35. The number of hydrogen-bond acceptors (Lipinski definition) is 6. The fraction of sp³-hybridized carbons (Fsp3) is 0.190. The highest BCUT2D eigenvalue weighted by molar-refractivity contribution is 5.81. The molecular weight excluding hydrogens is 358 g/mol. The van der Waals surface area contributed by atoms with Crippen molar-refractivity contribution in [2.75, 3.05) is 31.2 Å². The van der Waals surface area contributed by atoms with Gasteiger partial charge in [-0.3, -0.25) is 15.1 Å². The zero-order chi connectivity index (χ0) is 19.3. The quantitative estimate of drug-likeness (QED) is 0.373. The van der Waals surface area contributed by atoms with Gasteiger partial charge in [0.1, 0.15) is 11.5 Å². The van der Waals surface area contributed by atoms with Gasteiger partial charge < -0.3 is 14.1 Å². The molecule has 142 valence electrons. The van der Waals surface area contributed by atoms with E-state index in [1.54, 1.807) is 36.5 Å². The maximum Gasteiger partial charge on any atom is 0.280 e. The first-order valence-corrected chi connectivity index (χ1v) is 9.01. The molecule has 0 amide bonds. The van der Waals surface area contributed by atoms with Crippen molar-refractivity contribution in [1.29, 1.82) is 0 Å². The van der Waals surface area contributed by atoms with E-state index in [0.29, 0.717) is 17.1 Å². The van der Waals surface area contributed by atoms with Gasteiger partial charge >= 0.3 is 0 Å². The first-order chi connectivity index (χ1) is 13.7. The number of nitro benzene ring substituents is 1. The summed E-state index contributed by atoms with van der Waals surface area (Å²) in [6.07, 6.45) is 1.61. The van der Waals surface area contributed by atoms with E-state index in [9.17, 15) is 10.1 Å². The Labute approximate surface area is 162 Å². The maximum atomic E-state index is 11.2. The Balaban J connectivity index is 1.48. The molecule has 1 saturated heterocycles. The van der Waals surface area contributed by atoms with E-state index in [1.165, 1.54) is 6.07 Å². The molecule has 0 unspecified atom stereocenters. The molecule has 1 aliphatic heterocycles. The predicted molar refractivity (Wildman–Crippen MR) is 108 cm³/mol. The number of benzene rings is 2. The standard InChI is InChI=1S/C21H19N3O4/c25-24(26)20-4-2-1-3-19(20)21-10-9-18(28-21)15-22-16-5-7-17(8-6-16)23-11-13-27-14-12-23/h1-10,15H,11-14H2. The van der Waals surface area contributed by atoms with E-state index in [4.69, 9.17) is 9.15 Å². The molecule has 4 rings (SSSR count). The number of rotatable bonds is 5. The zero-order valence-corrected chi connectivity index (χ0v) is 15.2. The van der Waals surface area contributed by atoms with Gasteiger partial charge in [-0.2, -0.15) is 0 Å². The van der Waals surface area contributed by atoms with Crippen molar-refractivity contribution in [3.05, 3.63) is 76.5 Å². The van der Waals surface area contributed by atoms with Gasteiger partial charge in [0, 0.05) is 24.8 Å². The van der Waals surface area contributed by atoms with Crippen molar-refractivity contribution in [1.82, 2.24) is 0 Å². The molecule has 7 heteroatoms. The lowest BCUT2D eigenvalue weighted by atomic mass is 10.1. The molecule has 0 bridgehead atoms. The Kier molecular flexibility index (Phi) is 5.16. The van der Waals surface area contributed by atoms with Crippen LogP contribution in [-0.4, -0.2) is 37.4 Å². The molecule has 2 heterocycles. The van der Waals surface area contributed by atoms with Gasteiger partial charge in [0.2, 0.25) is 0 Å². The summed E-state index contributed by atoms with van der Waals surface area (Å²) in [5, 5.41) is 11.2. The number of morpholine rings is 1. The van der Waals surface area contributed by atoms with Crippen LogP contribution in [0.5, 0.6) is 0 Å². The highest BCUT2D eigenvalue weighted by atomic mass is 16.6. The summed E-state index contributed by atoms with van der Waals surface area (Å²) in [6, 6.07) is 18.0. The molecule has 28 heavy (non-hydrogen) atoms. The second-order valence-corrected chi connectivity index (χ2v) is 6.35. The van der Waals surface area contributed by atoms with Crippen LogP contribution in [0.25, 0.3) is 11.3 Å². The van der Waals surface area contributed by atoms with Crippen molar-refractivity contribution in [3.8, 4) is 11.3 Å². The predicted octanol–water partition coefficient (Wildman–Crippen LogP) is 4.44. The summed E-state index contributed by atoms with van der Waals surface area (Å²) in [7, 11) is 0. The summed E-state index contributed by atoms with van der Waals surface area (Å²) in [5.41, 5.74) is 2.42. The number of nitro groups is 1. The number of hydrogen-bond donors (Lipinski definition) is 0. The van der Waals surface area contributed by atoms with Crippen LogP contribution in [-0.2, 0) is 4.74 Å². The van der Waals surface area contributed by atoms with Crippen LogP contribution in [0.15, 0.2) is 70.1 Å². The molecule has 3 aromatic rings. The number of ether oxygens (including phenoxy) is 1. The third-order valence-corrected chi connectivity index (χ3v) is 4.56. The number of para-hydroxylation sites is 1. The summed E-state index contributed by atoms with van der Waals surface area (Å²) in [5.74, 6) is 0.974. The van der Waals surface area contributed by atoms with E-state index in [2.05, 4.69) is 9.89 Å². The lowest BCUT2D eigenvalue weighted by molar-refractivity contribution is -0.384. The molecule has 2 aromatic carbocycles. The Morgan fingerprint density at radius 3 is 2.50 bits per heavy atom. The van der Waals surface area contributed by atoms with Crippen LogP contribution < -0.4 is 4.90 Å². The van der Waals surface area contributed by atoms with Crippen molar-refractivity contribution in [2.24, 2.45) is 4.99 Å². The topological polar surface area (TPSA) is 81.1 Å². The van der Waals surface area contributed by atoms with Gasteiger partial charge in [-0.25, -0.2) is 0 Å². The SMILES string of the molecule is O=[N+]([O-])c1ccccc1-c1ccc(C=Nc2ccc(N3CCOCC3)cc2)o1. The third kappa shape index (κ3) is 3.94. The summed E-state index contributed by atoms with van der Waals surface area (Å²) in [4.78, 5) is 17.5. The van der Waals surface area contributed by atoms with Gasteiger partial charge in [0.25, 0.3) is 5.69 Å². The Morgan fingerprint density at radius 1 is 1.00 bits per heavy atom. The molecule has 0 atom stereocenters. The van der Waals surface area contributed by atoms with Crippen LogP contribution in [0.3, 0.4) is 0 Å². The monoisotopic (exact) mass is 377 g/mol. The van der Waals surface area contributed by atoms with Crippen LogP contribution >= 0.6 is 0 Å².